The Bertz CT molecular complexity index is 1810. The van der Waals surface area contributed by atoms with Gasteiger partial charge in [-0.3, -0.25) is 14.6 Å². The molecule has 2 aromatic heterocycles. The topological polar surface area (TPSA) is 172 Å². The third-order valence-corrected chi connectivity index (χ3v) is 8.67. The van der Waals surface area contributed by atoms with Crippen molar-refractivity contribution >= 4 is 29.3 Å². The van der Waals surface area contributed by atoms with Crippen LogP contribution in [-0.4, -0.2) is 65.2 Å². The van der Waals surface area contributed by atoms with Gasteiger partial charge in [-0.25, -0.2) is 4.99 Å². The van der Waals surface area contributed by atoms with Crippen molar-refractivity contribution in [2.24, 2.45) is 27.4 Å². The van der Waals surface area contributed by atoms with Crippen LogP contribution >= 0.6 is 0 Å². The Labute approximate surface area is 286 Å². The molecule has 1 amide bonds. The molecule has 4 heterocycles. The predicted octanol–water partition coefficient (Wildman–Crippen LogP) is 4.66. The average molecular weight is 665 g/mol. The number of anilines is 1. The van der Waals surface area contributed by atoms with Crippen LogP contribution in [0.5, 0.6) is 0 Å². The van der Waals surface area contributed by atoms with Crippen LogP contribution in [0.15, 0.2) is 93.7 Å². The fraction of sp³-hybridized carbons (Fsp3) is 0.351. The van der Waals surface area contributed by atoms with E-state index in [1.54, 1.807) is 30.7 Å². The first kappa shape index (κ1) is 35.1. The Balaban J connectivity index is 1.29. The Morgan fingerprint density at radius 3 is 2.39 bits per heavy atom. The van der Waals surface area contributed by atoms with Crippen LogP contribution in [0.1, 0.15) is 54.2 Å². The molecule has 256 valence electrons. The summed E-state index contributed by atoms with van der Waals surface area (Å²) in [5.41, 5.74) is 16.2. The summed E-state index contributed by atoms with van der Waals surface area (Å²) in [6.45, 7) is 11.4. The Morgan fingerprint density at radius 2 is 1.73 bits per heavy atom. The number of amides is 1. The highest BCUT2D eigenvalue weighted by Crippen LogP contribution is 2.21. The van der Waals surface area contributed by atoms with Gasteiger partial charge in [-0.15, -0.1) is 10.2 Å². The molecular weight excluding hydrogens is 620 g/mol. The van der Waals surface area contributed by atoms with E-state index in [0.717, 1.165) is 48.0 Å². The number of aromatic nitrogens is 3. The third-order valence-electron chi connectivity index (χ3n) is 8.67. The molecule has 0 spiro atoms. The molecule has 0 aliphatic carbocycles. The molecular formula is C37H44N8O4. The quantitative estimate of drug-likeness (QED) is 0.151. The lowest BCUT2D eigenvalue weighted by atomic mass is 9.99. The smallest absolute Gasteiger partial charge is 0.262 e. The lowest BCUT2D eigenvalue weighted by Crippen LogP contribution is -2.27. The Hall–Kier alpha value is -5.20. The summed E-state index contributed by atoms with van der Waals surface area (Å²) >= 11 is 0. The molecule has 2 fully saturated rings. The molecule has 2 aliphatic rings. The predicted molar refractivity (Wildman–Crippen MR) is 193 cm³/mol. The number of aliphatic imine (C=N–C) groups is 2. The summed E-state index contributed by atoms with van der Waals surface area (Å²) in [5.74, 6) is 0.119. The number of carbonyl (C=O) groups is 1. The van der Waals surface area contributed by atoms with Crippen LogP contribution in [0.25, 0.3) is 16.7 Å². The summed E-state index contributed by atoms with van der Waals surface area (Å²) in [4.78, 5) is 36.1. The van der Waals surface area contributed by atoms with Crippen LogP contribution in [0.2, 0.25) is 0 Å². The van der Waals surface area contributed by atoms with Crippen molar-refractivity contribution in [2.45, 2.75) is 52.1 Å². The molecule has 0 bridgehead atoms. The van der Waals surface area contributed by atoms with Gasteiger partial charge in [0.05, 0.1) is 11.7 Å². The molecule has 1 aromatic carbocycles. The SMILES string of the molecule is C=C(C(N)=N/C=C(\C)C(C=NC1CCOCC1)=CN)c1ccc(NC(=O)c2cn(CC3CCOCC3)cc(-c3ccc(C)cc3)c2=O)nn1. The number of aryl methyl sites for hydroxylation is 1. The number of amidine groups is 1. The molecule has 2 aliphatic heterocycles. The zero-order chi connectivity index (χ0) is 34.8. The second-order valence-electron chi connectivity index (χ2n) is 12.3. The maximum absolute atomic E-state index is 13.6. The largest absolute Gasteiger partial charge is 0.404 e. The molecule has 0 atom stereocenters. The van der Waals surface area contributed by atoms with E-state index in [4.69, 9.17) is 20.9 Å². The number of nitrogens with zero attached hydrogens (tertiary/aromatic N) is 5. The lowest BCUT2D eigenvalue weighted by molar-refractivity contribution is 0.0612. The van der Waals surface area contributed by atoms with E-state index >= 15 is 0 Å². The first-order chi connectivity index (χ1) is 23.7. The van der Waals surface area contributed by atoms with Gasteiger partial charge in [0.25, 0.3) is 5.91 Å². The molecule has 12 heteroatoms. The fourth-order valence-corrected chi connectivity index (χ4v) is 5.55. The number of allylic oxidation sites excluding steroid dienone is 2. The van der Waals surface area contributed by atoms with Crippen molar-refractivity contribution < 1.29 is 14.3 Å². The molecule has 0 radical (unpaired) electrons. The number of pyridine rings is 1. The van der Waals surface area contributed by atoms with Gasteiger partial charge in [0.15, 0.2) is 5.82 Å². The number of carbonyl (C=O) groups excluding carboxylic acids is 1. The maximum Gasteiger partial charge on any atom is 0.262 e. The minimum Gasteiger partial charge on any atom is -0.404 e. The Kier molecular flexibility index (Phi) is 12.0. The van der Waals surface area contributed by atoms with Crippen LogP contribution < -0.4 is 22.2 Å². The second-order valence-corrected chi connectivity index (χ2v) is 12.3. The summed E-state index contributed by atoms with van der Waals surface area (Å²) in [5, 5.41) is 11.1. The number of ether oxygens (including phenoxy) is 2. The minimum absolute atomic E-state index is 0.0163. The third kappa shape index (κ3) is 9.46. The number of rotatable bonds is 11. The molecule has 3 aromatic rings. The van der Waals surface area contributed by atoms with Gasteiger partial charge in [-0.2, -0.15) is 0 Å². The molecule has 5 N–H and O–H groups in total. The second kappa shape index (κ2) is 16.8. The highest BCUT2D eigenvalue weighted by atomic mass is 16.5. The van der Waals surface area contributed by atoms with E-state index in [1.165, 1.54) is 6.20 Å². The molecule has 2 saturated heterocycles. The minimum atomic E-state index is -0.577. The molecule has 12 nitrogen and oxygen atoms in total. The zero-order valence-corrected chi connectivity index (χ0v) is 28.1. The van der Waals surface area contributed by atoms with E-state index in [1.807, 2.05) is 48.9 Å². The first-order valence-corrected chi connectivity index (χ1v) is 16.5. The Morgan fingerprint density at radius 1 is 1.04 bits per heavy atom. The van der Waals surface area contributed by atoms with Crippen molar-refractivity contribution in [3.05, 3.63) is 106 Å². The summed E-state index contributed by atoms with van der Waals surface area (Å²) < 4.78 is 12.8. The summed E-state index contributed by atoms with van der Waals surface area (Å²) in [6.07, 6.45) is 11.9. The van der Waals surface area contributed by atoms with Crippen molar-refractivity contribution in [3.63, 3.8) is 0 Å². The van der Waals surface area contributed by atoms with E-state index < -0.39 is 5.91 Å². The average Bonchev–Trinajstić information content (AvgIpc) is 3.12. The van der Waals surface area contributed by atoms with E-state index in [2.05, 4.69) is 32.1 Å². The number of benzene rings is 1. The first-order valence-electron chi connectivity index (χ1n) is 16.5. The number of nitrogens with two attached hydrogens (primary N) is 2. The van der Waals surface area contributed by atoms with Gasteiger partial charge in [0.2, 0.25) is 5.43 Å². The van der Waals surface area contributed by atoms with Gasteiger partial charge < -0.3 is 30.8 Å². The number of hydrogen-bond acceptors (Lipinski definition) is 9. The maximum atomic E-state index is 13.6. The highest BCUT2D eigenvalue weighted by Gasteiger charge is 2.20. The normalized spacial score (nSPS) is 17.0. The van der Waals surface area contributed by atoms with Crippen molar-refractivity contribution in [1.82, 2.24) is 14.8 Å². The number of hydrogen-bond donors (Lipinski definition) is 3. The van der Waals surface area contributed by atoms with E-state index in [-0.39, 0.29) is 28.7 Å². The lowest BCUT2D eigenvalue weighted by Gasteiger charge is -2.23. The van der Waals surface area contributed by atoms with Crippen LogP contribution in [-0.2, 0) is 16.0 Å². The zero-order valence-electron chi connectivity index (χ0n) is 28.1. The number of nitrogens with one attached hydrogen (secondary N) is 1. The van der Waals surface area contributed by atoms with Gasteiger partial charge in [0, 0.05) is 80.7 Å². The van der Waals surface area contributed by atoms with Crippen LogP contribution in [0.3, 0.4) is 0 Å². The van der Waals surface area contributed by atoms with E-state index in [0.29, 0.717) is 55.7 Å². The van der Waals surface area contributed by atoms with Crippen molar-refractivity contribution in [3.8, 4) is 11.1 Å². The summed E-state index contributed by atoms with van der Waals surface area (Å²) in [6, 6.07) is 11.1. The van der Waals surface area contributed by atoms with Gasteiger partial charge in [-0.05, 0) is 68.7 Å². The van der Waals surface area contributed by atoms with Crippen molar-refractivity contribution in [2.75, 3.05) is 31.7 Å². The van der Waals surface area contributed by atoms with Crippen molar-refractivity contribution in [1.29, 1.82) is 0 Å². The molecule has 5 rings (SSSR count). The summed E-state index contributed by atoms with van der Waals surface area (Å²) in [7, 11) is 0. The highest BCUT2D eigenvalue weighted by molar-refractivity contribution is 6.20. The van der Waals surface area contributed by atoms with Gasteiger partial charge >= 0.3 is 0 Å². The van der Waals surface area contributed by atoms with Gasteiger partial charge in [-0.1, -0.05) is 36.4 Å². The molecule has 0 unspecified atom stereocenters. The molecule has 49 heavy (non-hydrogen) atoms. The monoisotopic (exact) mass is 664 g/mol. The standard InChI is InChI=1S/C37H44N8O4/c1-24-4-6-28(7-5-24)31-22-45(21-27-10-14-48-15-11-27)23-32(35(31)46)37(47)42-34-9-8-33(43-44-34)26(3)36(39)41-19-25(2)29(18-38)20-40-30-12-16-49-17-13-30/h4-9,18-20,22-23,27,30H,3,10-17,21,38H2,1-2H3,(H2,39,41)(H,42,44,47)/b25-19+,29-18?,40-20?. The molecule has 0 saturated carbocycles. The van der Waals surface area contributed by atoms with Crippen LogP contribution in [0.4, 0.5) is 5.82 Å². The van der Waals surface area contributed by atoms with E-state index in [9.17, 15) is 9.59 Å². The van der Waals surface area contributed by atoms with Gasteiger partial charge in [0.1, 0.15) is 11.4 Å². The van der Waals surface area contributed by atoms with Crippen LogP contribution in [0, 0.1) is 12.8 Å². The fourth-order valence-electron chi connectivity index (χ4n) is 5.55.